The molecule has 0 aliphatic carbocycles. The van der Waals surface area contributed by atoms with Gasteiger partial charge in [-0.1, -0.05) is 18.2 Å². The van der Waals surface area contributed by atoms with E-state index in [4.69, 9.17) is 4.74 Å². The first-order valence-corrected chi connectivity index (χ1v) is 8.40. The summed E-state index contributed by atoms with van der Waals surface area (Å²) in [5, 5.41) is 0. The van der Waals surface area contributed by atoms with Crippen molar-refractivity contribution in [3.63, 3.8) is 0 Å². The van der Waals surface area contributed by atoms with Crippen LogP contribution in [-0.4, -0.2) is 13.7 Å². The molecule has 0 spiro atoms. The Morgan fingerprint density at radius 2 is 1.88 bits per heavy atom. The maximum Gasteiger partial charge on any atom is 0.123 e. The lowest BCUT2D eigenvalue weighted by Gasteiger charge is -2.30. The molecule has 24 heavy (non-hydrogen) atoms. The lowest BCUT2D eigenvalue weighted by atomic mass is 9.76. The van der Waals surface area contributed by atoms with Crippen molar-refractivity contribution in [2.24, 2.45) is 0 Å². The van der Waals surface area contributed by atoms with Gasteiger partial charge < -0.3 is 9.64 Å². The second-order valence-corrected chi connectivity index (χ2v) is 6.44. The molecule has 0 amide bonds. The third-order valence-electron chi connectivity index (χ3n) is 5.01. The fourth-order valence-electron chi connectivity index (χ4n) is 3.90. The highest BCUT2D eigenvalue weighted by atomic mass is 19.1. The number of anilines is 1. The number of benzene rings is 2. The number of hydrogen-bond donors (Lipinski definition) is 0. The Labute approximate surface area is 143 Å². The quantitative estimate of drug-likeness (QED) is 0.777. The molecule has 126 valence electrons. The summed E-state index contributed by atoms with van der Waals surface area (Å²) < 4.78 is 18.7. The van der Waals surface area contributed by atoms with Crippen LogP contribution in [0.5, 0.6) is 5.75 Å². The molecule has 1 heterocycles. The Morgan fingerprint density at radius 1 is 1.17 bits per heavy atom. The van der Waals surface area contributed by atoms with Crippen LogP contribution in [0.2, 0.25) is 0 Å². The smallest absolute Gasteiger partial charge is 0.123 e. The van der Waals surface area contributed by atoms with E-state index in [0.29, 0.717) is 0 Å². The van der Waals surface area contributed by atoms with Gasteiger partial charge in [0, 0.05) is 23.3 Å². The van der Waals surface area contributed by atoms with E-state index in [-0.39, 0.29) is 11.2 Å². The first-order valence-electron chi connectivity index (χ1n) is 8.40. The molecule has 0 radical (unpaired) electrons. The highest BCUT2D eigenvalue weighted by Gasteiger charge is 2.43. The van der Waals surface area contributed by atoms with Gasteiger partial charge >= 0.3 is 0 Å². The lowest BCUT2D eigenvalue weighted by molar-refractivity contribution is 0.413. The van der Waals surface area contributed by atoms with E-state index in [1.54, 1.807) is 7.11 Å². The van der Waals surface area contributed by atoms with Gasteiger partial charge in [0.1, 0.15) is 11.6 Å². The molecule has 1 unspecified atom stereocenters. The van der Waals surface area contributed by atoms with Crippen LogP contribution in [0.25, 0.3) is 0 Å². The average molecular weight is 325 g/mol. The van der Waals surface area contributed by atoms with Crippen LogP contribution >= 0.6 is 0 Å². The highest BCUT2D eigenvalue weighted by molar-refractivity contribution is 5.72. The normalized spacial score (nSPS) is 21.2. The van der Waals surface area contributed by atoms with Gasteiger partial charge in [-0.05, 0) is 68.7 Å². The zero-order valence-corrected chi connectivity index (χ0v) is 14.8. The van der Waals surface area contributed by atoms with Gasteiger partial charge in [-0.3, -0.25) is 0 Å². The lowest BCUT2D eigenvalue weighted by Crippen LogP contribution is -2.30. The molecular weight excluding hydrogens is 301 g/mol. The van der Waals surface area contributed by atoms with Crippen molar-refractivity contribution in [3.8, 4) is 5.75 Å². The number of rotatable bonds is 4. The number of likely N-dealkylation sites (N-methyl/N-ethyl adjacent to an activating group) is 1. The summed E-state index contributed by atoms with van der Waals surface area (Å²) in [6, 6.07) is 13.1. The Balaban J connectivity index is 2.12. The van der Waals surface area contributed by atoms with Crippen molar-refractivity contribution in [2.75, 3.05) is 18.6 Å². The molecule has 2 nitrogen and oxygen atoms in total. The minimum Gasteiger partial charge on any atom is -0.497 e. The predicted molar refractivity (Wildman–Crippen MR) is 97.2 cm³/mol. The van der Waals surface area contributed by atoms with E-state index >= 15 is 0 Å². The van der Waals surface area contributed by atoms with Crippen molar-refractivity contribution in [3.05, 3.63) is 71.2 Å². The molecule has 0 N–H and O–H groups in total. The number of allylic oxidation sites excluding steroid dienone is 2. The van der Waals surface area contributed by atoms with Gasteiger partial charge in [-0.15, -0.1) is 0 Å². The highest BCUT2D eigenvalue weighted by Crippen LogP contribution is 2.50. The molecule has 2 aromatic rings. The predicted octanol–water partition coefficient (Wildman–Crippen LogP) is 5.08. The summed E-state index contributed by atoms with van der Waals surface area (Å²) in [6.45, 7) is 7.43. The van der Waals surface area contributed by atoms with Crippen molar-refractivity contribution < 1.29 is 9.13 Å². The fourth-order valence-corrected chi connectivity index (χ4v) is 3.90. The zero-order valence-electron chi connectivity index (χ0n) is 14.8. The molecule has 0 saturated carbocycles. The van der Waals surface area contributed by atoms with Gasteiger partial charge in [-0.2, -0.15) is 0 Å². The SMILES string of the molecule is C/C=C1\N(CC)c2ccc(OC)cc2C1(C)Cc1ccc(F)cc1. The summed E-state index contributed by atoms with van der Waals surface area (Å²) >= 11 is 0. The standard InChI is InChI=1S/C21H24FNO/c1-5-20-21(3,14-15-7-9-16(22)10-8-15)18-13-17(24-4)11-12-19(18)23(20)6-2/h5,7-13H,6,14H2,1-4H3/b20-5-. The summed E-state index contributed by atoms with van der Waals surface area (Å²) in [7, 11) is 1.70. The Kier molecular flexibility index (Phi) is 4.35. The maximum atomic E-state index is 13.3. The van der Waals surface area contributed by atoms with Gasteiger partial charge in [0.05, 0.1) is 7.11 Å². The zero-order chi connectivity index (χ0) is 17.3. The van der Waals surface area contributed by atoms with Crippen LogP contribution in [0, 0.1) is 5.82 Å². The maximum absolute atomic E-state index is 13.3. The molecule has 1 aliphatic rings. The number of ether oxygens (including phenoxy) is 1. The first-order chi connectivity index (χ1) is 11.5. The largest absolute Gasteiger partial charge is 0.497 e. The second kappa shape index (κ2) is 6.31. The van der Waals surface area contributed by atoms with Crippen molar-refractivity contribution >= 4 is 5.69 Å². The van der Waals surface area contributed by atoms with Crippen LogP contribution in [0.1, 0.15) is 31.9 Å². The van der Waals surface area contributed by atoms with Crippen LogP contribution in [0.4, 0.5) is 10.1 Å². The van der Waals surface area contributed by atoms with Gasteiger partial charge in [-0.25, -0.2) is 4.39 Å². The van der Waals surface area contributed by atoms with Gasteiger partial charge in [0.15, 0.2) is 0 Å². The van der Waals surface area contributed by atoms with E-state index in [1.807, 2.05) is 18.2 Å². The third kappa shape index (κ3) is 2.58. The number of fused-ring (bicyclic) bond motifs is 1. The first kappa shape index (κ1) is 16.6. The van der Waals surface area contributed by atoms with Crippen molar-refractivity contribution in [2.45, 2.75) is 32.6 Å². The van der Waals surface area contributed by atoms with E-state index in [1.165, 1.54) is 29.1 Å². The minimum absolute atomic E-state index is 0.160. The molecule has 2 aromatic carbocycles. The van der Waals surface area contributed by atoms with E-state index < -0.39 is 0 Å². The monoisotopic (exact) mass is 325 g/mol. The molecule has 0 saturated heterocycles. The van der Waals surface area contributed by atoms with E-state index in [9.17, 15) is 4.39 Å². The fraction of sp³-hybridized carbons (Fsp3) is 0.333. The Hall–Kier alpha value is -2.29. The number of hydrogen-bond acceptors (Lipinski definition) is 2. The van der Waals surface area contributed by atoms with Crippen LogP contribution < -0.4 is 9.64 Å². The molecule has 0 bridgehead atoms. The summed E-state index contributed by atoms with van der Waals surface area (Å²) in [5.41, 5.74) is 4.76. The minimum atomic E-state index is -0.196. The topological polar surface area (TPSA) is 12.5 Å². The Morgan fingerprint density at radius 3 is 2.46 bits per heavy atom. The van der Waals surface area contributed by atoms with E-state index in [0.717, 1.165) is 24.3 Å². The van der Waals surface area contributed by atoms with E-state index in [2.05, 4.69) is 43.9 Å². The van der Waals surface area contributed by atoms with Gasteiger partial charge in [0.2, 0.25) is 0 Å². The number of halogens is 1. The van der Waals surface area contributed by atoms with Crippen LogP contribution in [-0.2, 0) is 11.8 Å². The molecule has 1 aliphatic heterocycles. The second-order valence-electron chi connectivity index (χ2n) is 6.44. The number of nitrogens with zero attached hydrogens (tertiary/aromatic N) is 1. The molecule has 3 heteroatoms. The third-order valence-corrected chi connectivity index (χ3v) is 5.01. The molecule has 3 rings (SSSR count). The Bertz CT molecular complexity index is 766. The molecule has 0 aromatic heterocycles. The average Bonchev–Trinajstić information content (AvgIpc) is 2.84. The molecular formula is C21H24FNO. The van der Waals surface area contributed by atoms with Crippen molar-refractivity contribution in [1.82, 2.24) is 0 Å². The summed E-state index contributed by atoms with van der Waals surface area (Å²) in [5.74, 6) is 0.673. The van der Waals surface area contributed by atoms with Crippen LogP contribution in [0.3, 0.4) is 0 Å². The van der Waals surface area contributed by atoms with Crippen molar-refractivity contribution in [1.29, 1.82) is 0 Å². The number of methoxy groups -OCH3 is 1. The van der Waals surface area contributed by atoms with Crippen LogP contribution in [0.15, 0.2) is 54.2 Å². The summed E-state index contributed by atoms with van der Waals surface area (Å²) in [6.07, 6.45) is 3.02. The molecule has 0 fully saturated rings. The van der Waals surface area contributed by atoms with Gasteiger partial charge in [0.25, 0.3) is 0 Å². The molecule has 1 atom stereocenters. The summed E-state index contributed by atoms with van der Waals surface area (Å²) in [4.78, 5) is 2.36.